The van der Waals surface area contributed by atoms with Gasteiger partial charge in [-0.2, -0.15) is 0 Å². The monoisotopic (exact) mass is 372 g/mol. The predicted octanol–water partition coefficient (Wildman–Crippen LogP) is 5.24. The Balaban J connectivity index is 1.33. The van der Waals surface area contributed by atoms with Crippen LogP contribution in [-0.4, -0.2) is 17.4 Å². The van der Waals surface area contributed by atoms with E-state index in [0.717, 1.165) is 17.4 Å². The molecule has 2 aromatic carbocycles. The van der Waals surface area contributed by atoms with Gasteiger partial charge in [0.15, 0.2) is 0 Å². The van der Waals surface area contributed by atoms with Gasteiger partial charge in [0.1, 0.15) is 0 Å². The van der Waals surface area contributed by atoms with E-state index < -0.39 is 0 Å². The van der Waals surface area contributed by atoms with E-state index in [4.69, 9.17) is 0 Å². The number of aromatic amines is 1. The van der Waals surface area contributed by atoms with Gasteiger partial charge < -0.3 is 10.3 Å². The lowest BCUT2D eigenvalue weighted by Gasteiger charge is -2.22. The number of aromatic nitrogens is 1. The summed E-state index contributed by atoms with van der Waals surface area (Å²) in [7, 11) is 0. The minimum atomic E-state index is 0.154. The van der Waals surface area contributed by atoms with Gasteiger partial charge in [0.25, 0.3) is 0 Å². The fourth-order valence-electron chi connectivity index (χ4n) is 5.63. The molecule has 1 aromatic heterocycles. The molecule has 2 bridgehead atoms. The molecule has 3 nitrogen and oxygen atoms in total. The number of carbonyl (C=O) groups is 1. The first-order chi connectivity index (χ1) is 13.8. The van der Waals surface area contributed by atoms with Crippen molar-refractivity contribution in [2.45, 2.75) is 38.0 Å². The Morgan fingerprint density at radius 3 is 2.64 bits per heavy atom. The summed E-state index contributed by atoms with van der Waals surface area (Å²) in [4.78, 5) is 16.1. The highest BCUT2D eigenvalue weighted by Gasteiger charge is 2.40. The molecule has 2 aliphatic rings. The van der Waals surface area contributed by atoms with Gasteiger partial charge >= 0.3 is 0 Å². The molecule has 4 unspecified atom stereocenters. The number of amides is 1. The first-order valence-electron chi connectivity index (χ1n) is 10.7. The Morgan fingerprint density at radius 2 is 1.86 bits per heavy atom. The average Bonchev–Trinajstić information content (AvgIpc) is 3.45. The summed E-state index contributed by atoms with van der Waals surface area (Å²) in [5.41, 5.74) is 3.64. The van der Waals surface area contributed by atoms with Crippen molar-refractivity contribution in [3.05, 3.63) is 71.9 Å². The van der Waals surface area contributed by atoms with Gasteiger partial charge in [0.05, 0.1) is 0 Å². The maximum absolute atomic E-state index is 12.7. The van der Waals surface area contributed by atoms with Gasteiger partial charge in [-0.1, -0.05) is 55.0 Å². The SMILES string of the molecule is O=C(CC1CC2CCC1C2)NCC(c1ccccc1)c1c[nH]c2ccccc12. The molecule has 0 aliphatic heterocycles. The molecule has 4 atom stereocenters. The summed E-state index contributed by atoms with van der Waals surface area (Å²) < 4.78 is 0. The summed E-state index contributed by atoms with van der Waals surface area (Å²) in [6.45, 7) is 0.644. The van der Waals surface area contributed by atoms with E-state index in [0.29, 0.717) is 18.9 Å². The molecule has 0 spiro atoms. The molecule has 2 N–H and O–H groups in total. The average molecular weight is 373 g/mol. The Hall–Kier alpha value is -2.55. The number of H-pyrrole nitrogens is 1. The zero-order valence-electron chi connectivity index (χ0n) is 16.2. The predicted molar refractivity (Wildman–Crippen MR) is 113 cm³/mol. The minimum absolute atomic E-state index is 0.154. The first kappa shape index (κ1) is 17.5. The lowest BCUT2D eigenvalue weighted by molar-refractivity contribution is -0.122. The van der Waals surface area contributed by atoms with Crippen LogP contribution in [-0.2, 0) is 4.79 Å². The second-order valence-corrected chi connectivity index (χ2v) is 8.70. The highest BCUT2D eigenvalue weighted by molar-refractivity contribution is 5.84. The third kappa shape index (κ3) is 3.34. The minimum Gasteiger partial charge on any atom is -0.361 e. The van der Waals surface area contributed by atoms with Crippen LogP contribution in [0.15, 0.2) is 60.8 Å². The number of para-hydroxylation sites is 1. The van der Waals surface area contributed by atoms with Crippen LogP contribution in [0.4, 0.5) is 0 Å². The van der Waals surface area contributed by atoms with Crippen LogP contribution in [0.1, 0.15) is 49.1 Å². The topological polar surface area (TPSA) is 44.9 Å². The number of hydrogen-bond donors (Lipinski definition) is 2. The fourth-order valence-corrected chi connectivity index (χ4v) is 5.63. The van der Waals surface area contributed by atoms with E-state index in [1.165, 1.54) is 42.2 Å². The van der Waals surface area contributed by atoms with Crippen LogP contribution in [0.3, 0.4) is 0 Å². The summed E-state index contributed by atoms with van der Waals surface area (Å²) in [6.07, 6.45) is 8.16. The summed E-state index contributed by atoms with van der Waals surface area (Å²) in [6, 6.07) is 18.9. The van der Waals surface area contributed by atoms with Crippen LogP contribution in [0.25, 0.3) is 10.9 Å². The largest absolute Gasteiger partial charge is 0.361 e. The summed E-state index contributed by atoms with van der Waals surface area (Å²) in [5.74, 6) is 2.68. The normalized spacial score (nSPS) is 24.5. The third-order valence-corrected chi connectivity index (χ3v) is 7.03. The van der Waals surface area contributed by atoms with E-state index in [9.17, 15) is 4.79 Å². The molecule has 1 heterocycles. The van der Waals surface area contributed by atoms with Crippen molar-refractivity contribution in [3.8, 4) is 0 Å². The van der Waals surface area contributed by atoms with E-state index in [1.54, 1.807) is 0 Å². The van der Waals surface area contributed by atoms with Crippen molar-refractivity contribution in [1.29, 1.82) is 0 Å². The van der Waals surface area contributed by atoms with Crippen molar-refractivity contribution >= 4 is 16.8 Å². The number of nitrogens with one attached hydrogen (secondary N) is 2. The van der Waals surface area contributed by atoms with E-state index in [1.807, 2.05) is 6.07 Å². The molecule has 5 rings (SSSR count). The maximum atomic E-state index is 12.7. The van der Waals surface area contributed by atoms with Crippen LogP contribution in [0.5, 0.6) is 0 Å². The molecule has 0 radical (unpaired) electrons. The molecule has 1 amide bonds. The molecule has 2 aliphatic carbocycles. The zero-order valence-corrected chi connectivity index (χ0v) is 16.2. The van der Waals surface area contributed by atoms with Gasteiger partial charge in [-0.15, -0.1) is 0 Å². The molecule has 144 valence electrons. The summed E-state index contributed by atoms with van der Waals surface area (Å²) >= 11 is 0. The number of hydrogen-bond acceptors (Lipinski definition) is 1. The molecular formula is C25H28N2O. The van der Waals surface area contributed by atoms with Gasteiger partial charge in [0.2, 0.25) is 5.91 Å². The molecule has 3 heteroatoms. The van der Waals surface area contributed by atoms with E-state index in [-0.39, 0.29) is 11.8 Å². The second kappa shape index (κ2) is 7.46. The van der Waals surface area contributed by atoms with Crippen LogP contribution < -0.4 is 5.32 Å². The number of rotatable bonds is 6. The Bertz CT molecular complexity index is 961. The summed E-state index contributed by atoms with van der Waals surface area (Å²) in [5, 5.41) is 4.50. The van der Waals surface area contributed by atoms with Crippen LogP contribution in [0.2, 0.25) is 0 Å². The lowest BCUT2D eigenvalue weighted by Crippen LogP contribution is -2.31. The van der Waals surface area contributed by atoms with Gasteiger partial charge in [-0.3, -0.25) is 4.79 Å². The Kier molecular flexibility index (Phi) is 4.67. The molecule has 2 fully saturated rings. The third-order valence-electron chi connectivity index (χ3n) is 7.03. The van der Waals surface area contributed by atoms with Crippen molar-refractivity contribution in [3.63, 3.8) is 0 Å². The maximum Gasteiger partial charge on any atom is 0.220 e. The second-order valence-electron chi connectivity index (χ2n) is 8.70. The van der Waals surface area contributed by atoms with Gasteiger partial charge in [-0.25, -0.2) is 0 Å². The smallest absolute Gasteiger partial charge is 0.220 e. The first-order valence-corrected chi connectivity index (χ1v) is 10.7. The van der Waals surface area contributed by atoms with Gasteiger partial charge in [-0.05, 0) is 54.2 Å². The Labute approximate surface area is 166 Å². The van der Waals surface area contributed by atoms with E-state index >= 15 is 0 Å². The molecule has 28 heavy (non-hydrogen) atoms. The van der Waals surface area contributed by atoms with Gasteiger partial charge in [0, 0.05) is 36.0 Å². The zero-order chi connectivity index (χ0) is 18.9. The number of carbonyl (C=O) groups excluding carboxylic acids is 1. The van der Waals surface area contributed by atoms with Crippen molar-refractivity contribution < 1.29 is 4.79 Å². The van der Waals surface area contributed by atoms with Crippen molar-refractivity contribution in [2.75, 3.05) is 6.54 Å². The molecular weight excluding hydrogens is 344 g/mol. The number of benzene rings is 2. The standard InChI is InChI=1S/C25H28N2O/c28-25(14-20-13-17-10-11-19(20)12-17)27-15-22(18-6-2-1-3-7-18)23-16-26-24-9-5-4-8-21(23)24/h1-9,16-17,19-20,22,26H,10-15H2,(H,27,28). The molecule has 3 aromatic rings. The van der Waals surface area contributed by atoms with Crippen LogP contribution >= 0.6 is 0 Å². The highest BCUT2D eigenvalue weighted by Crippen LogP contribution is 2.49. The Morgan fingerprint density at radius 1 is 1.04 bits per heavy atom. The van der Waals surface area contributed by atoms with Crippen molar-refractivity contribution in [2.24, 2.45) is 17.8 Å². The fraction of sp³-hybridized carbons (Fsp3) is 0.400. The van der Waals surface area contributed by atoms with E-state index in [2.05, 4.69) is 65.0 Å². The number of fused-ring (bicyclic) bond motifs is 3. The quantitative estimate of drug-likeness (QED) is 0.610. The van der Waals surface area contributed by atoms with Crippen LogP contribution in [0, 0.1) is 17.8 Å². The highest BCUT2D eigenvalue weighted by atomic mass is 16.1. The molecule has 0 saturated heterocycles. The lowest BCUT2D eigenvalue weighted by atomic mass is 9.86. The molecule has 2 saturated carbocycles. The van der Waals surface area contributed by atoms with Crippen molar-refractivity contribution in [1.82, 2.24) is 10.3 Å².